The van der Waals surface area contributed by atoms with Gasteiger partial charge >= 0.3 is 0 Å². The summed E-state index contributed by atoms with van der Waals surface area (Å²) < 4.78 is 11.5. The van der Waals surface area contributed by atoms with E-state index in [1.54, 1.807) is 18.2 Å². The first kappa shape index (κ1) is 21.5. The maximum atomic E-state index is 12.6. The van der Waals surface area contributed by atoms with Crippen LogP contribution in [0.3, 0.4) is 0 Å². The molecule has 0 aliphatic rings. The zero-order valence-corrected chi connectivity index (χ0v) is 18.4. The molecule has 6 nitrogen and oxygen atoms in total. The van der Waals surface area contributed by atoms with Crippen LogP contribution in [-0.4, -0.2) is 22.6 Å². The molecular formula is C25H23N3O3S. The molecule has 162 valence electrons. The van der Waals surface area contributed by atoms with E-state index in [2.05, 4.69) is 22.5 Å². The molecule has 0 saturated carbocycles. The number of hydrogen-bond acceptors (Lipinski definition) is 5. The van der Waals surface area contributed by atoms with Gasteiger partial charge in [-0.25, -0.2) is 4.98 Å². The Hall–Kier alpha value is -3.71. The molecule has 1 amide bonds. The van der Waals surface area contributed by atoms with Crippen molar-refractivity contribution in [2.45, 2.75) is 19.8 Å². The Labute approximate surface area is 191 Å². The van der Waals surface area contributed by atoms with Gasteiger partial charge in [0.1, 0.15) is 11.3 Å². The first-order valence-corrected chi connectivity index (χ1v) is 10.8. The maximum absolute atomic E-state index is 12.6. The van der Waals surface area contributed by atoms with Gasteiger partial charge in [-0.15, -0.1) is 0 Å². The molecule has 7 heteroatoms. The Morgan fingerprint density at radius 1 is 1.06 bits per heavy atom. The molecule has 1 heterocycles. The number of nitrogens with one attached hydrogen (secondary N) is 2. The smallest absolute Gasteiger partial charge is 0.257 e. The van der Waals surface area contributed by atoms with Crippen LogP contribution in [0.2, 0.25) is 0 Å². The number of benzene rings is 3. The van der Waals surface area contributed by atoms with Gasteiger partial charge in [0.05, 0.1) is 6.61 Å². The van der Waals surface area contributed by atoms with Crippen molar-refractivity contribution in [2.75, 3.05) is 11.9 Å². The van der Waals surface area contributed by atoms with E-state index in [0.29, 0.717) is 40.6 Å². The first-order chi connectivity index (χ1) is 15.6. The van der Waals surface area contributed by atoms with Crippen molar-refractivity contribution in [1.29, 1.82) is 0 Å². The molecule has 3 aromatic carbocycles. The van der Waals surface area contributed by atoms with E-state index in [-0.39, 0.29) is 11.0 Å². The van der Waals surface area contributed by atoms with Crippen molar-refractivity contribution in [2.24, 2.45) is 0 Å². The highest BCUT2D eigenvalue weighted by Crippen LogP contribution is 2.26. The maximum Gasteiger partial charge on any atom is 0.257 e. The molecule has 0 aliphatic carbocycles. The van der Waals surface area contributed by atoms with Crippen LogP contribution >= 0.6 is 12.2 Å². The number of carbonyl (C=O) groups excluding carboxylic acids is 1. The SMILES string of the molecule is CCCCOc1cccc(C(=O)NC(=S)Nc2ccc3oc(-c4ccccc4)nc3c2)c1. The number of rotatable bonds is 7. The van der Waals surface area contributed by atoms with Crippen molar-refractivity contribution in [1.82, 2.24) is 10.3 Å². The number of anilines is 1. The zero-order valence-electron chi connectivity index (χ0n) is 17.6. The van der Waals surface area contributed by atoms with Crippen molar-refractivity contribution in [3.8, 4) is 17.2 Å². The monoisotopic (exact) mass is 445 g/mol. The molecule has 32 heavy (non-hydrogen) atoms. The normalized spacial score (nSPS) is 10.7. The number of thiocarbonyl (C=S) groups is 1. The summed E-state index contributed by atoms with van der Waals surface area (Å²) >= 11 is 5.32. The highest BCUT2D eigenvalue weighted by molar-refractivity contribution is 7.80. The molecule has 4 rings (SSSR count). The summed E-state index contributed by atoms with van der Waals surface area (Å²) in [6.45, 7) is 2.72. The second-order valence-electron chi connectivity index (χ2n) is 7.21. The topological polar surface area (TPSA) is 76.4 Å². The summed E-state index contributed by atoms with van der Waals surface area (Å²) in [5.74, 6) is 0.905. The molecular weight excluding hydrogens is 422 g/mol. The number of oxazole rings is 1. The molecule has 0 unspecified atom stereocenters. The molecule has 0 radical (unpaired) electrons. The average molecular weight is 446 g/mol. The van der Waals surface area contributed by atoms with Crippen LogP contribution in [0, 0.1) is 0 Å². The fourth-order valence-corrected chi connectivity index (χ4v) is 3.32. The van der Waals surface area contributed by atoms with Gasteiger partial charge in [-0.3, -0.25) is 10.1 Å². The van der Waals surface area contributed by atoms with Gasteiger partial charge in [0.15, 0.2) is 10.7 Å². The predicted molar refractivity (Wildman–Crippen MR) is 130 cm³/mol. The van der Waals surface area contributed by atoms with E-state index in [4.69, 9.17) is 21.4 Å². The second kappa shape index (κ2) is 10.1. The van der Waals surface area contributed by atoms with Crippen LogP contribution in [-0.2, 0) is 0 Å². The number of amides is 1. The quantitative estimate of drug-likeness (QED) is 0.277. The fraction of sp³-hybridized carbons (Fsp3) is 0.160. The van der Waals surface area contributed by atoms with Gasteiger partial charge in [-0.1, -0.05) is 37.6 Å². The molecule has 0 saturated heterocycles. The van der Waals surface area contributed by atoms with Crippen LogP contribution in [0.25, 0.3) is 22.6 Å². The standard InChI is InChI=1S/C25H23N3O3S/c1-2-3-14-30-20-11-7-10-18(15-20)23(29)28-25(32)26-19-12-13-22-21(16-19)27-24(31-22)17-8-5-4-6-9-17/h4-13,15-16H,2-3,14H2,1H3,(H2,26,28,29,32). The van der Waals surface area contributed by atoms with E-state index in [1.165, 1.54) is 0 Å². The first-order valence-electron chi connectivity index (χ1n) is 10.4. The van der Waals surface area contributed by atoms with Crippen LogP contribution in [0.5, 0.6) is 5.75 Å². The molecule has 1 aromatic heterocycles. The molecule has 0 atom stereocenters. The van der Waals surface area contributed by atoms with E-state index in [0.717, 1.165) is 18.4 Å². The Kier molecular flexibility index (Phi) is 6.77. The van der Waals surface area contributed by atoms with E-state index >= 15 is 0 Å². The average Bonchev–Trinajstić information content (AvgIpc) is 3.23. The lowest BCUT2D eigenvalue weighted by Gasteiger charge is -2.10. The van der Waals surface area contributed by atoms with Crippen LogP contribution in [0.15, 0.2) is 77.2 Å². The molecule has 0 fully saturated rings. The second-order valence-corrected chi connectivity index (χ2v) is 7.61. The number of nitrogens with zero attached hydrogens (tertiary/aromatic N) is 1. The van der Waals surface area contributed by atoms with Gasteiger partial charge in [0.25, 0.3) is 5.91 Å². The van der Waals surface area contributed by atoms with Crippen molar-refractivity contribution in [3.63, 3.8) is 0 Å². The van der Waals surface area contributed by atoms with E-state index in [9.17, 15) is 4.79 Å². The van der Waals surface area contributed by atoms with Crippen LogP contribution in [0.4, 0.5) is 5.69 Å². The zero-order chi connectivity index (χ0) is 22.3. The summed E-state index contributed by atoms with van der Waals surface area (Å²) in [5.41, 5.74) is 3.45. The Morgan fingerprint density at radius 2 is 1.91 bits per heavy atom. The minimum absolute atomic E-state index is 0.193. The lowest BCUT2D eigenvalue weighted by atomic mass is 10.2. The lowest BCUT2D eigenvalue weighted by Crippen LogP contribution is -2.34. The Morgan fingerprint density at radius 3 is 2.72 bits per heavy atom. The summed E-state index contributed by atoms with van der Waals surface area (Å²) in [5, 5.41) is 5.92. The number of carbonyl (C=O) groups is 1. The lowest BCUT2D eigenvalue weighted by molar-refractivity contribution is 0.0977. The summed E-state index contributed by atoms with van der Waals surface area (Å²) in [6.07, 6.45) is 2.01. The Balaban J connectivity index is 1.40. The fourth-order valence-electron chi connectivity index (χ4n) is 3.11. The van der Waals surface area contributed by atoms with E-state index in [1.807, 2.05) is 54.6 Å². The van der Waals surface area contributed by atoms with Gasteiger partial charge in [-0.2, -0.15) is 0 Å². The number of hydrogen-bond donors (Lipinski definition) is 2. The van der Waals surface area contributed by atoms with E-state index < -0.39 is 0 Å². The highest BCUT2D eigenvalue weighted by Gasteiger charge is 2.11. The third-order valence-electron chi connectivity index (χ3n) is 4.76. The number of ether oxygens (including phenoxy) is 1. The predicted octanol–water partition coefficient (Wildman–Crippen LogP) is 5.80. The summed E-state index contributed by atoms with van der Waals surface area (Å²) in [4.78, 5) is 17.1. The third kappa shape index (κ3) is 5.31. The van der Waals surface area contributed by atoms with Gasteiger partial charge in [0.2, 0.25) is 5.89 Å². The van der Waals surface area contributed by atoms with Crippen molar-refractivity contribution < 1.29 is 13.9 Å². The minimum atomic E-state index is -0.308. The van der Waals surface area contributed by atoms with Crippen LogP contribution < -0.4 is 15.4 Å². The number of unbranched alkanes of at least 4 members (excludes halogenated alkanes) is 1. The molecule has 0 spiro atoms. The Bertz CT molecular complexity index is 1240. The number of aromatic nitrogens is 1. The van der Waals surface area contributed by atoms with Gasteiger partial charge in [-0.05, 0) is 67.2 Å². The summed E-state index contributed by atoms with van der Waals surface area (Å²) in [7, 11) is 0. The summed E-state index contributed by atoms with van der Waals surface area (Å²) in [6, 6.07) is 22.2. The van der Waals surface area contributed by atoms with Gasteiger partial charge in [0, 0.05) is 16.8 Å². The number of fused-ring (bicyclic) bond motifs is 1. The van der Waals surface area contributed by atoms with Crippen LogP contribution in [0.1, 0.15) is 30.1 Å². The molecule has 0 aliphatic heterocycles. The largest absolute Gasteiger partial charge is 0.494 e. The molecule has 2 N–H and O–H groups in total. The minimum Gasteiger partial charge on any atom is -0.494 e. The highest BCUT2D eigenvalue weighted by atomic mass is 32.1. The molecule has 0 bridgehead atoms. The third-order valence-corrected chi connectivity index (χ3v) is 4.96. The van der Waals surface area contributed by atoms with Crippen molar-refractivity contribution in [3.05, 3.63) is 78.4 Å². The van der Waals surface area contributed by atoms with Crippen molar-refractivity contribution >= 4 is 40.0 Å². The molecule has 4 aromatic rings. The van der Waals surface area contributed by atoms with Gasteiger partial charge < -0.3 is 14.5 Å².